The van der Waals surface area contributed by atoms with Gasteiger partial charge in [0.15, 0.2) is 0 Å². The van der Waals surface area contributed by atoms with E-state index in [1.165, 1.54) is 0 Å². The molecule has 0 saturated carbocycles. The molecule has 0 aromatic carbocycles. The summed E-state index contributed by atoms with van der Waals surface area (Å²) in [5.74, 6) is 1.66. The van der Waals surface area contributed by atoms with Crippen LogP contribution in [0.25, 0.3) is 0 Å². The van der Waals surface area contributed by atoms with Gasteiger partial charge in [0, 0.05) is 38.9 Å². The van der Waals surface area contributed by atoms with Gasteiger partial charge in [-0.2, -0.15) is 5.10 Å². The van der Waals surface area contributed by atoms with Crippen molar-refractivity contribution in [3.8, 4) is 0 Å². The van der Waals surface area contributed by atoms with Gasteiger partial charge < -0.3 is 14.6 Å². The molecule has 1 amide bonds. The number of amides is 1. The summed E-state index contributed by atoms with van der Waals surface area (Å²) >= 11 is 0. The van der Waals surface area contributed by atoms with Crippen LogP contribution in [0.3, 0.4) is 0 Å². The summed E-state index contributed by atoms with van der Waals surface area (Å²) in [7, 11) is 0. The van der Waals surface area contributed by atoms with Crippen molar-refractivity contribution in [2.75, 3.05) is 39.3 Å². The Bertz CT molecular complexity index is 771. The molecule has 1 unspecified atom stereocenters. The Labute approximate surface area is 171 Å². The molecule has 2 aromatic heterocycles. The van der Waals surface area contributed by atoms with E-state index in [1.807, 2.05) is 35.7 Å². The molecular weight excluding hydrogens is 380 g/mol. The molecule has 1 atom stereocenters. The fourth-order valence-electron chi connectivity index (χ4n) is 3.78. The molecule has 8 nitrogen and oxygen atoms in total. The van der Waals surface area contributed by atoms with Crippen LogP contribution in [-0.4, -0.2) is 69.7 Å². The first kappa shape index (κ1) is 20.8. The quantitative estimate of drug-likeness (QED) is 0.830. The molecule has 154 valence electrons. The highest BCUT2D eigenvalue weighted by atomic mass is 35.5. The number of oxazole rings is 1. The summed E-state index contributed by atoms with van der Waals surface area (Å²) in [5.41, 5.74) is 1.50. The summed E-state index contributed by atoms with van der Waals surface area (Å²) in [6, 6.07) is 2.20. The lowest BCUT2D eigenvalue weighted by Gasteiger charge is -2.33. The van der Waals surface area contributed by atoms with Gasteiger partial charge in [0.25, 0.3) is 5.91 Å². The third-order valence-corrected chi connectivity index (χ3v) is 5.56. The number of piperazine rings is 1. The van der Waals surface area contributed by atoms with Crippen LogP contribution in [-0.2, 0) is 6.54 Å². The van der Waals surface area contributed by atoms with Gasteiger partial charge in [-0.3, -0.25) is 14.4 Å². The van der Waals surface area contributed by atoms with Crippen LogP contribution >= 0.6 is 12.4 Å². The monoisotopic (exact) mass is 408 g/mol. The first-order chi connectivity index (χ1) is 13.1. The van der Waals surface area contributed by atoms with Crippen LogP contribution in [0.15, 0.2) is 16.7 Å². The van der Waals surface area contributed by atoms with Crippen molar-refractivity contribution in [3.63, 3.8) is 0 Å². The lowest BCUT2D eigenvalue weighted by Crippen LogP contribution is -2.48. The minimum absolute atomic E-state index is 0. The molecule has 0 spiro atoms. The minimum atomic E-state index is 0. The number of hydrogen-bond donors (Lipinski definition) is 1. The summed E-state index contributed by atoms with van der Waals surface area (Å²) in [6.07, 6.45) is 4.20. The maximum absolute atomic E-state index is 12.8. The molecule has 4 rings (SSSR count). The van der Waals surface area contributed by atoms with Crippen molar-refractivity contribution in [3.05, 3.63) is 35.3 Å². The normalized spacial score (nSPS) is 20.8. The Morgan fingerprint density at radius 1 is 1.29 bits per heavy atom. The number of aromatic nitrogens is 3. The largest absolute Gasteiger partial charge is 0.444 e. The van der Waals surface area contributed by atoms with Gasteiger partial charge in [0.2, 0.25) is 5.89 Å². The van der Waals surface area contributed by atoms with Gasteiger partial charge in [-0.25, -0.2) is 4.98 Å². The zero-order valence-corrected chi connectivity index (χ0v) is 17.4. The first-order valence-electron chi connectivity index (χ1n) is 9.80. The van der Waals surface area contributed by atoms with Crippen LogP contribution in [0.2, 0.25) is 0 Å². The molecule has 0 radical (unpaired) electrons. The number of aryl methyl sites for hydroxylation is 2. The van der Waals surface area contributed by atoms with Crippen molar-refractivity contribution in [2.24, 2.45) is 0 Å². The summed E-state index contributed by atoms with van der Waals surface area (Å²) in [5, 5.41) is 7.95. The average molecular weight is 409 g/mol. The maximum atomic E-state index is 12.8. The molecule has 2 aromatic rings. The number of nitrogens with zero attached hydrogens (tertiary/aromatic N) is 5. The molecule has 1 N–H and O–H groups in total. The van der Waals surface area contributed by atoms with Crippen molar-refractivity contribution in [2.45, 2.75) is 39.3 Å². The number of piperidine rings is 1. The zero-order valence-electron chi connectivity index (χ0n) is 16.6. The predicted molar refractivity (Wildman–Crippen MR) is 108 cm³/mol. The van der Waals surface area contributed by atoms with E-state index in [0.717, 1.165) is 56.4 Å². The summed E-state index contributed by atoms with van der Waals surface area (Å²) < 4.78 is 7.62. The number of rotatable bonds is 4. The number of halogens is 1. The van der Waals surface area contributed by atoms with E-state index in [1.54, 1.807) is 0 Å². The fraction of sp³-hybridized carbons (Fsp3) is 0.632. The molecule has 2 saturated heterocycles. The molecule has 2 aliphatic heterocycles. The summed E-state index contributed by atoms with van der Waals surface area (Å²) in [4.78, 5) is 21.4. The number of carbonyl (C=O) groups is 1. The molecule has 4 heterocycles. The van der Waals surface area contributed by atoms with E-state index in [4.69, 9.17) is 4.42 Å². The molecule has 28 heavy (non-hydrogen) atoms. The molecule has 2 fully saturated rings. The van der Waals surface area contributed by atoms with Crippen LogP contribution in [0.1, 0.15) is 46.7 Å². The second-order valence-corrected chi connectivity index (χ2v) is 7.50. The number of hydrogen-bond acceptors (Lipinski definition) is 6. The van der Waals surface area contributed by atoms with E-state index >= 15 is 0 Å². The van der Waals surface area contributed by atoms with Crippen LogP contribution in [0, 0.1) is 13.8 Å². The van der Waals surface area contributed by atoms with Gasteiger partial charge in [0.05, 0.1) is 18.3 Å². The van der Waals surface area contributed by atoms with E-state index in [0.29, 0.717) is 31.4 Å². The highest BCUT2D eigenvalue weighted by molar-refractivity contribution is 5.92. The van der Waals surface area contributed by atoms with Crippen molar-refractivity contribution in [1.29, 1.82) is 0 Å². The van der Waals surface area contributed by atoms with E-state index < -0.39 is 0 Å². The van der Waals surface area contributed by atoms with Crippen LogP contribution < -0.4 is 5.32 Å². The van der Waals surface area contributed by atoms with E-state index in [-0.39, 0.29) is 18.3 Å². The van der Waals surface area contributed by atoms with Gasteiger partial charge in [0.1, 0.15) is 11.5 Å². The third-order valence-electron chi connectivity index (χ3n) is 5.56. The average Bonchev–Trinajstić information content (AvgIpc) is 3.30. The SMILES string of the molecule is Cc1nc(CN2CCN(C(=O)c3ccn(C4CCCNC4)n3)CC2)oc1C.Cl. The minimum Gasteiger partial charge on any atom is -0.444 e. The van der Waals surface area contributed by atoms with Crippen molar-refractivity contribution in [1.82, 2.24) is 29.9 Å². The molecule has 0 bridgehead atoms. The second kappa shape index (κ2) is 9.07. The van der Waals surface area contributed by atoms with Crippen LogP contribution in [0.4, 0.5) is 0 Å². The smallest absolute Gasteiger partial charge is 0.274 e. The Hall–Kier alpha value is -1.90. The Morgan fingerprint density at radius 2 is 2.07 bits per heavy atom. The van der Waals surface area contributed by atoms with Crippen LogP contribution in [0.5, 0.6) is 0 Å². The highest BCUT2D eigenvalue weighted by Crippen LogP contribution is 2.17. The third kappa shape index (κ3) is 4.56. The number of carbonyl (C=O) groups excluding carboxylic acids is 1. The fourth-order valence-corrected chi connectivity index (χ4v) is 3.78. The van der Waals surface area contributed by atoms with Gasteiger partial charge >= 0.3 is 0 Å². The van der Waals surface area contributed by atoms with Gasteiger partial charge in [-0.15, -0.1) is 12.4 Å². The zero-order chi connectivity index (χ0) is 18.8. The molecule has 2 aliphatic rings. The Morgan fingerprint density at radius 3 is 2.71 bits per heavy atom. The summed E-state index contributed by atoms with van der Waals surface area (Å²) in [6.45, 7) is 9.63. The Balaban J connectivity index is 0.00000225. The van der Waals surface area contributed by atoms with Gasteiger partial charge in [-0.05, 0) is 39.3 Å². The van der Waals surface area contributed by atoms with E-state index in [2.05, 4.69) is 20.3 Å². The van der Waals surface area contributed by atoms with Crippen molar-refractivity contribution >= 4 is 18.3 Å². The predicted octanol–water partition coefficient (Wildman–Crippen LogP) is 1.79. The van der Waals surface area contributed by atoms with Crippen molar-refractivity contribution < 1.29 is 9.21 Å². The first-order valence-corrected chi connectivity index (χ1v) is 9.80. The Kier molecular flexibility index (Phi) is 6.74. The van der Waals surface area contributed by atoms with Gasteiger partial charge in [-0.1, -0.05) is 0 Å². The highest BCUT2D eigenvalue weighted by Gasteiger charge is 2.25. The standard InChI is InChI=1S/C19H28N6O2.ClH/c1-14-15(2)27-18(21-14)13-23-8-10-24(11-9-23)19(26)17-5-7-25(22-17)16-4-3-6-20-12-16;/h5,7,16,20H,3-4,6,8-13H2,1-2H3;1H. The lowest BCUT2D eigenvalue weighted by atomic mass is 10.1. The van der Waals surface area contributed by atoms with E-state index in [9.17, 15) is 4.79 Å². The molecule has 0 aliphatic carbocycles. The topological polar surface area (TPSA) is 79.4 Å². The second-order valence-electron chi connectivity index (χ2n) is 7.50. The number of nitrogens with one attached hydrogen (secondary N) is 1. The maximum Gasteiger partial charge on any atom is 0.274 e. The molecular formula is C19H29ClN6O2. The lowest BCUT2D eigenvalue weighted by molar-refractivity contribution is 0.0610. The molecule has 9 heteroatoms.